The molecule has 6 nitrogen and oxygen atoms in total. The molecule has 0 bridgehead atoms. The van der Waals surface area contributed by atoms with Gasteiger partial charge in [-0.3, -0.25) is 10.1 Å². The van der Waals surface area contributed by atoms with Crippen LogP contribution in [-0.2, 0) is 19.6 Å². The van der Waals surface area contributed by atoms with Crippen molar-refractivity contribution in [2.24, 2.45) is 0 Å². The minimum atomic E-state index is -0.412. The highest BCUT2D eigenvalue weighted by molar-refractivity contribution is 9.10. The predicted molar refractivity (Wildman–Crippen MR) is 129 cm³/mol. The van der Waals surface area contributed by atoms with Crippen molar-refractivity contribution in [3.05, 3.63) is 98.0 Å². The Morgan fingerprint density at radius 2 is 1.75 bits per heavy atom. The van der Waals surface area contributed by atoms with Crippen LogP contribution >= 0.6 is 15.9 Å². The Morgan fingerprint density at radius 3 is 2.41 bits per heavy atom. The first-order valence-electron chi connectivity index (χ1n) is 10.5. The molecule has 1 atom stereocenters. The first-order chi connectivity index (χ1) is 15.5. The van der Waals surface area contributed by atoms with Crippen molar-refractivity contribution in [2.75, 3.05) is 7.11 Å². The van der Waals surface area contributed by atoms with E-state index in [0.29, 0.717) is 24.1 Å². The third kappa shape index (κ3) is 6.55. The number of methoxy groups -OCH3 is 1. The van der Waals surface area contributed by atoms with Gasteiger partial charge in [-0.05, 0) is 55.2 Å². The molecule has 0 amide bonds. The Morgan fingerprint density at radius 1 is 1.03 bits per heavy atom. The summed E-state index contributed by atoms with van der Waals surface area (Å²) in [6, 6.07) is 20.9. The number of nitro groups is 1. The molecule has 0 aliphatic carbocycles. The summed E-state index contributed by atoms with van der Waals surface area (Å²) < 4.78 is 12.6. The second-order valence-corrected chi connectivity index (χ2v) is 8.43. The van der Waals surface area contributed by atoms with Crippen LogP contribution in [-0.4, -0.2) is 18.1 Å². The average Bonchev–Trinajstić information content (AvgIpc) is 2.81. The van der Waals surface area contributed by atoms with Crippen LogP contribution < -0.4 is 14.8 Å². The Hall–Kier alpha value is -2.90. The molecule has 0 saturated heterocycles. The molecule has 0 aliphatic rings. The highest BCUT2D eigenvalue weighted by Crippen LogP contribution is 2.37. The van der Waals surface area contributed by atoms with Crippen LogP contribution in [0.4, 0.5) is 5.69 Å². The largest absolute Gasteiger partial charge is 0.493 e. The number of halogens is 1. The Balaban J connectivity index is 1.66. The molecule has 1 N–H and O–H groups in total. The standard InChI is InChI=1S/C25H27BrN2O4/c1-18(8-9-19-6-4-3-5-7-19)27-16-22-23(26)14-15-24(31-2)25(22)32-17-20-10-12-21(13-11-20)28(29)30/h3-7,10-15,18,27H,8-9,16-17H2,1-2H3. The van der Waals surface area contributed by atoms with Gasteiger partial charge in [-0.2, -0.15) is 0 Å². The van der Waals surface area contributed by atoms with Crippen LogP contribution in [0.3, 0.4) is 0 Å². The molecule has 7 heteroatoms. The summed E-state index contributed by atoms with van der Waals surface area (Å²) >= 11 is 3.64. The lowest BCUT2D eigenvalue weighted by molar-refractivity contribution is -0.384. The number of nitro benzene ring substituents is 1. The van der Waals surface area contributed by atoms with E-state index in [4.69, 9.17) is 9.47 Å². The topological polar surface area (TPSA) is 73.6 Å². The molecular weight excluding hydrogens is 472 g/mol. The van der Waals surface area contributed by atoms with Crippen molar-refractivity contribution < 1.29 is 14.4 Å². The molecule has 168 valence electrons. The monoisotopic (exact) mass is 498 g/mol. The van der Waals surface area contributed by atoms with Gasteiger partial charge >= 0.3 is 0 Å². The van der Waals surface area contributed by atoms with Crippen LogP contribution in [0.5, 0.6) is 11.5 Å². The number of hydrogen-bond acceptors (Lipinski definition) is 5. The molecular formula is C25H27BrN2O4. The van der Waals surface area contributed by atoms with E-state index >= 15 is 0 Å². The molecule has 3 rings (SSSR count). The molecule has 0 heterocycles. The first-order valence-corrected chi connectivity index (χ1v) is 11.3. The van der Waals surface area contributed by atoms with E-state index < -0.39 is 4.92 Å². The summed E-state index contributed by atoms with van der Waals surface area (Å²) in [4.78, 5) is 10.4. The van der Waals surface area contributed by atoms with Gasteiger partial charge in [0.2, 0.25) is 0 Å². The lowest BCUT2D eigenvalue weighted by Gasteiger charge is -2.19. The van der Waals surface area contributed by atoms with E-state index in [9.17, 15) is 10.1 Å². The van der Waals surface area contributed by atoms with Crippen molar-refractivity contribution in [1.29, 1.82) is 0 Å². The van der Waals surface area contributed by atoms with Crippen LogP contribution in [0.1, 0.15) is 30.0 Å². The van der Waals surface area contributed by atoms with Gasteiger partial charge in [-0.25, -0.2) is 0 Å². The lowest BCUT2D eigenvalue weighted by Crippen LogP contribution is -2.26. The molecule has 0 aliphatic heterocycles. The van der Waals surface area contributed by atoms with E-state index in [2.05, 4.69) is 52.4 Å². The van der Waals surface area contributed by atoms with Crippen molar-refractivity contribution in [3.8, 4) is 11.5 Å². The van der Waals surface area contributed by atoms with Gasteiger partial charge in [0.1, 0.15) is 6.61 Å². The van der Waals surface area contributed by atoms with E-state index in [0.717, 1.165) is 28.4 Å². The lowest BCUT2D eigenvalue weighted by atomic mass is 10.1. The molecule has 0 radical (unpaired) electrons. The fraction of sp³-hybridized carbons (Fsp3) is 0.280. The zero-order chi connectivity index (χ0) is 22.9. The first kappa shape index (κ1) is 23.8. The van der Waals surface area contributed by atoms with Crippen LogP contribution in [0.25, 0.3) is 0 Å². The highest BCUT2D eigenvalue weighted by Gasteiger charge is 2.16. The molecule has 32 heavy (non-hydrogen) atoms. The molecule has 0 fully saturated rings. The van der Waals surface area contributed by atoms with Gasteiger partial charge < -0.3 is 14.8 Å². The number of rotatable bonds is 11. The normalized spacial score (nSPS) is 11.7. The summed E-state index contributed by atoms with van der Waals surface area (Å²) in [5, 5.41) is 14.4. The van der Waals surface area contributed by atoms with Gasteiger partial charge in [0.15, 0.2) is 11.5 Å². The number of benzene rings is 3. The van der Waals surface area contributed by atoms with E-state index in [1.807, 2.05) is 18.2 Å². The minimum Gasteiger partial charge on any atom is -0.493 e. The van der Waals surface area contributed by atoms with E-state index in [1.165, 1.54) is 17.7 Å². The second-order valence-electron chi connectivity index (χ2n) is 7.58. The molecule has 0 aromatic heterocycles. The van der Waals surface area contributed by atoms with Crippen LogP contribution in [0, 0.1) is 10.1 Å². The molecule has 3 aromatic carbocycles. The number of nitrogens with zero attached hydrogens (tertiary/aromatic N) is 1. The minimum absolute atomic E-state index is 0.0585. The van der Waals surface area contributed by atoms with E-state index in [-0.39, 0.29) is 12.3 Å². The molecule has 3 aromatic rings. The predicted octanol–water partition coefficient (Wildman–Crippen LogP) is 6.06. The highest BCUT2D eigenvalue weighted by atomic mass is 79.9. The van der Waals surface area contributed by atoms with Crippen molar-refractivity contribution in [2.45, 2.75) is 39.0 Å². The average molecular weight is 499 g/mol. The second kappa shape index (κ2) is 11.6. The maximum absolute atomic E-state index is 10.9. The fourth-order valence-corrected chi connectivity index (χ4v) is 3.79. The Labute approximate surface area is 196 Å². The van der Waals surface area contributed by atoms with Crippen molar-refractivity contribution in [3.63, 3.8) is 0 Å². The van der Waals surface area contributed by atoms with Gasteiger partial charge in [-0.1, -0.05) is 46.3 Å². The van der Waals surface area contributed by atoms with Gasteiger partial charge in [-0.15, -0.1) is 0 Å². The molecule has 0 spiro atoms. The van der Waals surface area contributed by atoms with Crippen molar-refractivity contribution >= 4 is 21.6 Å². The third-order valence-electron chi connectivity index (χ3n) is 5.25. The Bertz CT molecular complexity index is 1030. The summed E-state index contributed by atoms with van der Waals surface area (Å²) in [6.07, 6.45) is 2.03. The maximum Gasteiger partial charge on any atom is 0.269 e. The summed E-state index contributed by atoms with van der Waals surface area (Å²) in [5.41, 5.74) is 3.20. The number of non-ortho nitro benzene ring substituents is 1. The van der Waals surface area contributed by atoms with Gasteiger partial charge in [0, 0.05) is 34.8 Å². The SMILES string of the molecule is COc1ccc(Br)c(CNC(C)CCc2ccccc2)c1OCc1ccc([N+](=O)[O-])cc1. The smallest absolute Gasteiger partial charge is 0.269 e. The van der Waals surface area contributed by atoms with Crippen LogP contribution in [0.2, 0.25) is 0 Å². The van der Waals surface area contributed by atoms with Crippen molar-refractivity contribution in [1.82, 2.24) is 5.32 Å². The zero-order valence-electron chi connectivity index (χ0n) is 18.2. The number of aryl methyl sites for hydroxylation is 1. The zero-order valence-corrected chi connectivity index (χ0v) is 19.8. The quantitative estimate of drug-likeness (QED) is 0.257. The summed E-state index contributed by atoms with van der Waals surface area (Å²) in [7, 11) is 1.61. The summed E-state index contributed by atoms with van der Waals surface area (Å²) in [5.74, 6) is 1.30. The van der Waals surface area contributed by atoms with Gasteiger partial charge in [0.25, 0.3) is 5.69 Å². The number of nitrogens with one attached hydrogen (secondary N) is 1. The number of hydrogen-bond donors (Lipinski definition) is 1. The summed E-state index contributed by atoms with van der Waals surface area (Å²) in [6.45, 7) is 3.07. The van der Waals surface area contributed by atoms with Gasteiger partial charge in [0.05, 0.1) is 12.0 Å². The number of ether oxygens (including phenoxy) is 2. The Kier molecular flexibility index (Phi) is 8.64. The fourth-order valence-electron chi connectivity index (χ4n) is 3.34. The maximum atomic E-state index is 10.9. The molecule has 1 unspecified atom stereocenters. The third-order valence-corrected chi connectivity index (χ3v) is 6.00. The van der Waals surface area contributed by atoms with Crippen LogP contribution in [0.15, 0.2) is 71.2 Å². The molecule has 0 saturated carbocycles. The van der Waals surface area contributed by atoms with E-state index in [1.54, 1.807) is 19.2 Å².